The topological polar surface area (TPSA) is 75.7 Å². The smallest absolute Gasteiger partial charge is 0.410 e. The van der Waals surface area contributed by atoms with Crippen LogP contribution in [0.4, 0.5) is 13.6 Å². The Hall–Kier alpha value is -1.74. The Bertz CT molecular complexity index is 728. The van der Waals surface area contributed by atoms with E-state index in [4.69, 9.17) is 4.74 Å². The van der Waals surface area contributed by atoms with Crippen molar-refractivity contribution in [3.8, 4) is 0 Å². The number of alkyl halides is 2. The van der Waals surface area contributed by atoms with E-state index in [0.717, 1.165) is 11.8 Å². The van der Waals surface area contributed by atoms with Gasteiger partial charge in [-0.25, -0.2) is 26.7 Å². The molecule has 3 atom stereocenters. The molecule has 146 valence electrons. The molecule has 9 heteroatoms. The maximum Gasteiger partial charge on any atom is 0.410 e. The van der Waals surface area contributed by atoms with Gasteiger partial charge in [0.05, 0.1) is 12.2 Å². The molecule has 1 aliphatic rings. The number of halogens is 2. The van der Waals surface area contributed by atoms with Gasteiger partial charge in [-0.3, -0.25) is 0 Å². The monoisotopic (exact) mass is 390 g/mol. The standard InChI is InChI=1S/C17H24F2N2O4S/c1-12-10-21(16(22)25-11-14-7-5-4-6-8-14)13(2)15(17(12,18)19)9-20-26(3,23)24/h4-8,12-13,15,20H,9-11H2,1-3H3/t12-,13-,15+/m0/s1. The summed E-state index contributed by atoms with van der Waals surface area (Å²) in [6, 6.07) is 8.16. The van der Waals surface area contributed by atoms with E-state index in [1.165, 1.54) is 18.7 Å². The highest BCUT2D eigenvalue weighted by molar-refractivity contribution is 7.88. The van der Waals surface area contributed by atoms with Gasteiger partial charge < -0.3 is 9.64 Å². The third-order valence-corrected chi connectivity index (χ3v) is 5.39. The largest absolute Gasteiger partial charge is 0.445 e. The number of benzene rings is 1. The lowest BCUT2D eigenvalue weighted by Gasteiger charge is -2.46. The molecule has 0 bridgehead atoms. The zero-order valence-corrected chi connectivity index (χ0v) is 15.8. The van der Waals surface area contributed by atoms with E-state index >= 15 is 0 Å². The molecule has 0 radical (unpaired) electrons. The van der Waals surface area contributed by atoms with Crippen LogP contribution in [0.5, 0.6) is 0 Å². The molecule has 1 N–H and O–H groups in total. The first-order valence-corrected chi connectivity index (χ1v) is 10.2. The molecule has 0 saturated carbocycles. The Morgan fingerprint density at radius 3 is 2.50 bits per heavy atom. The highest BCUT2D eigenvalue weighted by Gasteiger charge is 2.54. The molecule has 1 aromatic rings. The van der Waals surface area contributed by atoms with Crippen molar-refractivity contribution in [1.29, 1.82) is 0 Å². The van der Waals surface area contributed by atoms with Gasteiger partial charge in [0.15, 0.2) is 0 Å². The average molecular weight is 390 g/mol. The Kier molecular flexibility index (Phi) is 6.23. The molecule has 1 saturated heterocycles. The second-order valence-electron chi connectivity index (χ2n) is 6.74. The zero-order chi connectivity index (χ0) is 19.5. The van der Waals surface area contributed by atoms with Crippen LogP contribution in [0.2, 0.25) is 0 Å². The van der Waals surface area contributed by atoms with Crippen LogP contribution in [0.15, 0.2) is 30.3 Å². The number of hydrogen-bond acceptors (Lipinski definition) is 4. The molecule has 1 amide bonds. The lowest BCUT2D eigenvalue weighted by Crippen LogP contribution is -2.61. The summed E-state index contributed by atoms with van der Waals surface area (Å²) in [6.45, 7) is 2.27. The molecule has 6 nitrogen and oxygen atoms in total. The van der Waals surface area contributed by atoms with Crippen LogP contribution < -0.4 is 4.72 Å². The minimum Gasteiger partial charge on any atom is -0.445 e. The third kappa shape index (κ3) is 4.91. The van der Waals surface area contributed by atoms with Crippen LogP contribution in [0.3, 0.4) is 0 Å². The van der Waals surface area contributed by atoms with Crippen LogP contribution in [-0.2, 0) is 21.4 Å². The zero-order valence-electron chi connectivity index (χ0n) is 15.0. The number of nitrogens with one attached hydrogen (secondary N) is 1. The molecule has 1 fully saturated rings. The van der Waals surface area contributed by atoms with Crippen molar-refractivity contribution in [3.63, 3.8) is 0 Å². The van der Waals surface area contributed by atoms with Gasteiger partial charge in [0.1, 0.15) is 6.61 Å². The fourth-order valence-corrected chi connectivity index (χ4v) is 3.56. The minimum absolute atomic E-state index is 0.0416. The highest BCUT2D eigenvalue weighted by Crippen LogP contribution is 2.41. The summed E-state index contributed by atoms with van der Waals surface area (Å²) in [4.78, 5) is 13.7. The summed E-state index contributed by atoms with van der Waals surface area (Å²) in [5.74, 6) is -5.56. The number of ether oxygens (including phenoxy) is 1. The van der Waals surface area contributed by atoms with E-state index in [0.29, 0.717) is 0 Å². The molecule has 2 rings (SSSR count). The summed E-state index contributed by atoms with van der Waals surface area (Å²) in [7, 11) is -3.62. The average Bonchev–Trinajstić information content (AvgIpc) is 2.55. The molecular weight excluding hydrogens is 366 g/mol. The maximum atomic E-state index is 14.6. The third-order valence-electron chi connectivity index (χ3n) is 4.70. The molecular formula is C17H24F2N2O4S. The van der Waals surface area contributed by atoms with Gasteiger partial charge in [0.25, 0.3) is 5.92 Å². The Balaban J connectivity index is 2.09. The predicted molar refractivity (Wildman–Crippen MR) is 93.2 cm³/mol. The molecule has 0 aromatic heterocycles. The lowest BCUT2D eigenvalue weighted by atomic mass is 9.81. The fraction of sp³-hybridized carbons (Fsp3) is 0.588. The van der Waals surface area contributed by atoms with Gasteiger partial charge in [-0.1, -0.05) is 37.3 Å². The van der Waals surface area contributed by atoms with Crippen LogP contribution in [0.25, 0.3) is 0 Å². The molecule has 0 spiro atoms. The van der Waals surface area contributed by atoms with E-state index in [1.807, 2.05) is 18.2 Å². The Morgan fingerprint density at radius 2 is 1.92 bits per heavy atom. The summed E-state index contributed by atoms with van der Waals surface area (Å²) in [5, 5.41) is 0. The normalized spacial score (nSPS) is 25.7. The molecule has 26 heavy (non-hydrogen) atoms. The number of sulfonamides is 1. The summed E-state index contributed by atoms with van der Waals surface area (Å²) in [6.07, 6.45) is 0.224. The summed E-state index contributed by atoms with van der Waals surface area (Å²) in [5.41, 5.74) is 0.791. The number of rotatable bonds is 5. The molecule has 1 heterocycles. The van der Waals surface area contributed by atoms with Crippen molar-refractivity contribution < 1.29 is 26.7 Å². The van der Waals surface area contributed by atoms with Crippen molar-refractivity contribution in [1.82, 2.24) is 9.62 Å². The first kappa shape index (κ1) is 20.6. The predicted octanol–water partition coefficient (Wildman–Crippen LogP) is 2.46. The van der Waals surface area contributed by atoms with Crippen LogP contribution in [0, 0.1) is 11.8 Å². The van der Waals surface area contributed by atoms with Gasteiger partial charge >= 0.3 is 6.09 Å². The molecule has 0 unspecified atom stereocenters. The number of carbonyl (C=O) groups excluding carboxylic acids is 1. The number of piperidine rings is 1. The number of carbonyl (C=O) groups is 1. The summed E-state index contributed by atoms with van der Waals surface area (Å²) >= 11 is 0. The van der Waals surface area contributed by atoms with Crippen molar-refractivity contribution in [2.24, 2.45) is 11.8 Å². The van der Waals surface area contributed by atoms with E-state index in [-0.39, 0.29) is 13.2 Å². The van der Waals surface area contributed by atoms with E-state index in [1.54, 1.807) is 12.1 Å². The fourth-order valence-electron chi connectivity index (χ4n) is 3.08. The van der Waals surface area contributed by atoms with E-state index < -0.39 is 46.5 Å². The van der Waals surface area contributed by atoms with Crippen LogP contribution in [0.1, 0.15) is 19.4 Å². The van der Waals surface area contributed by atoms with Gasteiger partial charge in [0, 0.05) is 25.0 Å². The molecule has 1 aromatic carbocycles. The summed E-state index contributed by atoms with van der Waals surface area (Å²) < 4.78 is 59.1. The molecule has 0 aliphatic carbocycles. The second kappa shape index (κ2) is 7.87. The first-order chi connectivity index (χ1) is 12.0. The number of hydrogen-bond donors (Lipinski definition) is 1. The lowest BCUT2D eigenvalue weighted by molar-refractivity contribution is -0.156. The highest BCUT2D eigenvalue weighted by atomic mass is 32.2. The quantitative estimate of drug-likeness (QED) is 0.838. The first-order valence-electron chi connectivity index (χ1n) is 8.32. The Morgan fingerprint density at radius 1 is 1.31 bits per heavy atom. The van der Waals surface area contributed by atoms with E-state index in [2.05, 4.69) is 4.72 Å². The van der Waals surface area contributed by atoms with Gasteiger partial charge in [-0.15, -0.1) is 0 Å². The SMILES string of the molecule is C[C@H]1[C@@H](CNS(C)(=O)=O)C(F)(F)[C@@H](C)CN1C(=O)OCc1ccccc1. The minimum atomic E-state index is -3.62. The number of likely N-dealkylation sites (tertiary alicyclic amines) is 1. The number of amides is 1. The van der Waals surface area contributed by atoms with Gasteiger partial charge in [-0.2, -0.15) is 0 Å². The van der Waals surface area contributed by atoms with E-state index in [9.17, 15) is 22.0 Å². The molecule has 1 aliphatic heterocycles. The van der Waals surface area contributed by atoms with Crippen LogP contribution >= 0.6 is 0 Å². The number of nitrogens with zero attached hydrogens (tertiary/aromatic N) is 1. The van der Waals surface area contributed by atoms with Crippen molar-refractivity contribution in [3.05, 3.63) is 35.9 Å². The van der Waals surface area contributed by atoms with Crippen molar-refractivity contribution in [2.45, 2.75) is 32.4 Å². The van der Waals surface area contributed by atoms with Gasteiger partial charge in [0.2, 0.25) is 10.0 Å². The maximum absolute atomic E-state index is 14.6. The van der Waals surface area contributed by atoms with Crippen LogP contribution in [-0.4, -0.2) is 50.7 Å². The van der Waals surface area contributed by atoms with Gasteiger partial charge in [-0.05, 0) is 12.5 Å². The second-order valence-corrected chi connectivity index (χ2v) is 8.57. The van der Waals surface area contributed by atoms with Crippen molar-refractivity contribution >= 4 is 16.1 Å². The van der Waals surface area contributed by atoms with Crippen molar-refractivity contribution in [2.75, 3.05) is 19.3 Å². The Labute approximate surface area is 152 Å².